The molecular weight excluding hydrogens is 339 g/mol. The summed E-state index contributed by atoms with van der Waals surface area (Å²) in [6.07, 6.45) is 0. The maximum Gasteiger partial charge on any atom is 1.00 e. The van der Waals surface area contributed by atoms with E-state index in [1.807, 2.05) is 36.4 Å². The van der Waals surface area contributed by atoms with Gasteiger partial charge in [0.2, 0.25) is 0 Å². The van der Waals surface area contributed by atoms with Crippen LogP contribution in [0.4, 0.5) is 51.8 Å². The molecule has 1 aromatic rings. The Morgan fingerprint density at radius 1 is 0.364 bits per heavy atom. The summed E-state index contributed by atoms with van der Waals surface area (Å²) in [4.78, 5) is 0. The van der Waals surface area contributed by atoms with E-state index >= 15 is 0 Å². The first kappa shape index (κ1) is 29.2. The van der Waals surface area contributed by atoms with Gasteiger partial charge in [0, 0.05) is 0 Å². The van der Waals surface area contributed by atoms with Gasteiger partial charge in [-0.05, 0) is 0 Å². The maximum atomic E-state index is 9.75. The second kappa shape index (κ2) is 13.8. The van der Waals surface area contributed by atoms with Gasteiger partial charge in [-0.15, -0.1) is 0 Å². The number of hydrogen-bond acceptors (Lipinski definition) is 0. The Morgan fingerprint density at radius 3 is 0.455 bits per heavy atom. The predicted molar refractivity (Wildman–Crippen MR) is 58.1 cm³/mol. The molecule has 0 N–H and O–H groups in total. The van der Waals surface area contributed by atoms with Crippen LogP contribution in [0.25, 0.3) is 0 Å². The van der Waals surface area contributed by atoms with Crippen molar-refractivity contribution < 1.29 is 72.1 Å². The molecular formula is C6H7B3F12Li-3. The standard InChI is InChI=1S/C6H6.3BF4.Li.H/c1-2-4-6-5-3-1;3*2-1(3,4)5;;/h1-6H;;;;;/q;3*-1;+1;-1. The molecule has 0 saturated heterocycles. The second-order valence-electron chi connectivity index (χ2n) is 2.64. The van der Waals surface area contributed by atoms with Gasteiger partial charge in [-0.3, -0.25) is 0 Å². The van der Waals surface area contributed by atoms with E-state index in [9.17, 15) is 51.8 Å². The third kappa shape index (κ3) is 237. The average molecular weight is 346 g/mol. The smallest absolute Gasteiger partial charge is 1.00 e. The molecule has 1 aromatic carbocycles. The minimum absolute atomic E-state index is 0. The van der Waals surface area contributed by atoms with Crippen LogP contribution in [-0.2, 0) is 0 Å². The Kier molecular flexibility index (Phi) is 18.3. The molecule has 0 aromatic heterocycles. The number of halogens is 12. The topological polar surface area (TPSA) is 0 Å². The molecule has 0 bridgehead atoms. The normalized spacial score (nSPS) is 10.4. The van der Waals surface area contributed by atoms with Crippen LogP contribution < -0.4 is 18.9 Å². The van der Waals surface area contributed by atoms with E-state index in [0.29, 0.717) is 0 Å². The van der Waals surface area contributed by atoms with Gasteiger partial charge in [-0.25, -0.2) is 0 Å². The monoisotopic (exact) mass is 347 g/mol. The fraction of sp³-hybridized carbons (Fsp3) is 0. The fourth-order valence-corrected chi connectivity index (χ4v) is 0.385. The third-order valence-corrected chi connectivity index (χ3v) is 0.667. The van der Waals surface area contributed by atoms with E-state index < -0.39 is 21.8 Å². The Morgan fingerprint density at radius 2 is 0.409 bits per heavy atom. The molecule has 0 fully saturated rings. The third-order valence-electron chi connectivity index (χ3n) is 0.667. The first-order valence-electron chi connectivity index (χ1n) is 4.62. The van der Waals surface area contributed by atoms with Gasteiger partial charge in [-0.2, -0.15) is 0 Å². The molecule has 0 atom stereocenters. The van der Waals surface area contributed by atoms with Crippen LogP contribution in [0.2, 0.25) is 0 Å². The largest absolute Gasteiger partial charge is 1.00 e. The van der Waals surface area contributed by atoms with Gasteiger partial charge in [0.1, 0.15) is 0 Å². The Balaban J connectivity index is -0.0000000612. The van der Waals surface area contributed by atoms with Gasteiger partial charge in [0.15, 0.2) is 0 Å². The Labute approximate surface area is 131 Å². The summed E-state index contributed by atoms with van der Waals surface area (Å²) in [7, 11) is -18.0. The van der Waals surface area contributed by atoms with Crippen LogP contribution in [0, 0.1) is 0 Å². The van der Waals surface area contributed by atoms with Crippen molar-refractivity contribution in [1.29, 1.82) is 0 Å². The Bertz CT molecular complexity index is 255. The molecule has 0 spiro atoms. The van der Waals surface area contributed by atoms with Crippen molar-refractivity contribution >= 4 is 21.8 Å². The SMILES string of the molecule is F[B-](F)(F)F.F[B-](F)(F)F.F[B-](F)(F)F.[H-].[Li+].c1ccccc1. The number of benzene rings is 1. The van der Waals surface area contributed by atoms with Gasteiger partial charge in [-0.1, -0.05) is 36.4 Å². The number of hydrogen-bond donors (Lipinski definition) is 0. The van der Waals surface area contributed by atoms with Crippen molar-refractivity contribution in [2.24, 2.45) is 0 Å². The van der Waals surface area contributed by atoms with Crippen molar-refractivity contribution in [3.05, 3.63) is 36.4 Å². The molecule has 0 nitrogen and oxygen atoms in total. The summed E-state index contributed by atoms with van der Waals surface area (Å²) in [5.41, 5.74) is 0. The first-order valence-corrected chi connectivity index (χ1v) is 4.62. The molecule has 0 aliphatic rings. The first-order chi connectivity index (χ1) is 9.00. The molecule has 0 unspecified atom stereocenters. The molecule has 0 amide bonds. The summed E-state index contributed by atoms with van der Waals surface area (Å²) >= 11 is 0. The summed E-state index contributed by atoms with van der Waals surface area (Å²) in [6.45, 7) is 0. The van der Waals surface area contributed by atoms with Crippen LogP contribution in [0.1, 0.15) is 1.43 Å². The number of rotatable bonds is 0. The van der Waals surface area contributed by atoms with Crippen LogP contribution in [0.3, 0.4) is 0 Å². The molecule has 22 heavy (non-hydrogen) atoms. The van der Waals surface area contributed by atoms with Crippen molar-refractivity contribution in [1.82, 2.24) is 0 Å². The second-order valence-corrected chi connectivity index (χ2v) is 2.64. The summed E-state index contributed by atoms with van der Waals surface area (Å²) in [6, 6.07) is 12.0. The van der Waals surface area contributed by atoms with Gasteiger partial charge < -0.3 is 53.2 Å². The molecule has 0 saturated carbocycles. The van der Waals surface area contributed by atoms with Crippen LogP contribution in [-0.4, -0.2) is 21.8 Å². The minimum Gasteiger partial charge on any atom is -1.00 e. The van der Waals surface area contributed by atoms with Crippen LogP contribution in [0.5, 0.6) is 0 Å². The maximum absolute atomic E-state index is 9.75. The molecule has 1 rings (SSSR count). The zero-order chi connectivity index (χ0) is 17.7. The van der Waals surface area contributed by atoms with Gasteiger partial charge in [0.25, 0.3) is 0 Å². The van der Waals surface area contributed by atoms with E-state index in [0.717, 1.165) is 0 Å². The van der Waals surface area contributed by atoms with Crippen molar-refractivity contribution in [2.45, 2.75) is 0 Å². The zero-order valence-corrected chi connectivity index (χ0v) is 10.7. The fourth-order valence-electron chi connectivity index (χ4n) is 0.385. The van der Waals surface area contributed by atoms with E-state index in [2.05, 4.69) is 0 Å². The Hall–Kier alpha value is -0.828. The molecule has 0 heterocycles. The van der Waals surface area contributed by atoms with Gasteiger partial charge >= 0.3 is 40.6 Å². The molecule has 16 heteroatoms. The molecule has 0 radical (unpaired) electrons. The molecule has 0 aliphatic carbocycles. The predicted octanol–water partition coefficient (Wildman–Crippen LogP) is 2.70. The quantitative estimate of drug-likeness (QED) is 0.501. The van der Waals surface area contributed by atoms with E-state index in [1.54, 1.807) is 0 Å². The zero-order valence-electron chi connectivity index (χ0n) is 11.7. The van der Waals surface area contributed by atoms with E-state index in [4.69, 9.17) is 0 Å². The minimum atomic E-state index is -6.00. The molecule has 0 aliphatic heterocycles. The summed E-state index contributed by atoms with van der Waals surface area (Å²) in [5.74, 6) is 0. The average Bonchev–Trinajstić information content (AvgIpc) is 2.12. The van der Waals surface area contributed by atoms with E-state index in [-0.39, 0.29) is 20.3 Å². The van der Waals surface area contributed by atoms with Gasteiger partial charge in [0.05, 0.1) is 0 Å². The summed E-state index contributed by atoms with van der Waals surface area (Å²) in [5, 5.41) is 0. The van der Waals surface area contributed by atoms with Crippen molar-refractivity contribution in [2.75, 3.05) is 0 Å². The van der Waals surface area contributed by atoms with Crippen LogP contribution in [0.15, 0.2) is 36.4 Å². The van der Waals surface area contributed by atoms with Crippen LogP contribution >= 0.6 is 0 Å². The van der Waals surface area contributed by atoms with Crippen molar-refractivity contribution in [3.63, 3.8) is 0 Å². The van der Waals surface area contributed by atoms with E-state index in [1.165, 1.54) is 0 Å². The summed E-state index contributed by atoms with van der Waals surface area (Å²) < 4.78 is 117. The van der Waals surface area contributed by atoms with Crippen molar-refractivity contribution in [3.8, 4) is 0 Å². The molecule has 128 valence electrons.